The van der Waals surface area contributed by atoms with Crippen molar-refractivity contribution in [3.63, 3.8) is 0 Å². The SMILES string of the molecule is Cc1nn(C)c(C)c1S(=O)(=O)NC1CCC(Oc2ccc(C(F)(F)F)cn2)CC1. The van der Waals surface area contributed by atoms with Gasteiger partial charge in [-0.3, -0.25) is 4.68 Å². The molecule has 0 atom stereocenters. The molecule has 0 bridgehead atoms. The lowest BCUT2D eigenvalue weighted by Crippen LogP contribution is -2.40. The summed E-state index contributed by atoms with van der Waals surface area (Å²) in [6.45, 7) is 3.36. The van der Waals surface area contributed by atoms with Crippen molar-refractivity contribution < 1.29 is 26.3 Å². The predicted molar refractivity (Wildman–Crippen MR) is 98.9 cm³/mol. The molecule has 1 aliphatic rings. The van der Waals surface area contributed by atoms with Gasteiger partial charge in [0.05, 0.1) is 17.0 Å². The van der Waals surface area contributed by atoms with Crippen LogP contribution in [0.25, 0.3) is 0 Å². The average Bonchev–Trinajstić information content (AvgIpc) is 2.89. The smallest absolute Gasteiger partial charge is 0.417 e. The lowest BCUT2D eigenvalue weighted by Gasteiger charge is -2.29. The van der Waals surface area contributed by atoms with E-state index in [1.165, 1.54) is 10.7 Å². The van der Waals surface area contributed by atoms with Crippen LogP contribution in [0, 0.1) is 13.8 Å². The van der Waals surface area contributed by atoms with Crippen molar-refractivity contribution >= 4 is 10.0 Å². The van der Waals surface area contributed by atoms with Crippen molar-refractivity contribution in [2.45, 2.75) is 62.7 Å². The highest BCUT2D eigenvalue weighted by molar-refractivity contribution is 7.89. The van der Waals surface area contributed by atoms with Crippen LogP contribution in [0.5, 0.6) is 5.88 Å². The number of alkyl halides is 3. The summed E-state index contributed by atoms with van der Waals surface area (Å²) >= 11 is 0. The van der Waals surface area contributed by atoms with E-state index in [2.05, 4.69) is 14.8 Å². The van der Waals surface area contributed by atoms with Crippen LogP contribution in [0.1, 0.15) is 42.6 Å². The molecule has 1 saturated carbocycles. The first-order chi connectivity index (χ1) is 13.5. The molecule has 0 unspecified atom stereocenters. The Labute approximate surface area is 167 Å². The Bertz CT molecular complexity index is 963. The number of halogens is 3. The van der Waals surface area contributed by atoms with E-state index >= 15 is 0 Å². The number of nitrogens with one attached hydrogen (secondary N) is 1. The molecule has 11 heteroatoms. The molecule has 29 heavy (non-hydrogen) atoms. The van der Waals surface area contributed by atoms with E-state index in [-0.39, 0.29) is 22.9 Å². The summed E-state index contributed by atoms with van der Waals surface area (Å²) in [6, 6.07) is 1.89. The molecule has 1 N–H and O–H groups in total. The number of aromatic nitrogens is 3. The second-order valence-electron chi connectivity index (χ2n) is 7.22. The van der Waals surface area contributed by atoms with Crippen LogP contribution in [-0.4, -0.2) is 35.3 Å². The number of hydrogen-bond donors (Lipinski definition) is 1. The molecular weight excluding hydrogens is 409 g/mol. The van der Waals surface area contributed by atoms with Gasteiger partial charge in [0.25, 0.3) is 0 Å². The molecule has 7 nitrogen and oxygen atoms in total. The molecule has 0 aliphatic heterocycles. The summed E-state index contributed by atoms with van der Waals surface area (Å²) in [5.41, 5.74) is 0.187. The van der Waals surface area contributed by atoms with Gasteiger partial charge in [-0.1, -0.05) is 0 Å². The minimum atomic E-state index is -4.44. The molecule has 2 aromatic heterocycles. The van der Waals surface area contributed by atoms with E-state index in [9.17, 15) is 21.6 Å². The first-order valence-electron chi connectivity index (χ1n) is 9.20. The average molecular weight is 432 g/mol. The lowest BCUT2D eigenvalue weighted by molar-refractivity contribution is -0.137. The van der Waals surface area contributed by atoms with Crippen molar-refractivity contribution in [2.24, 2.45) is 7.05 Å². The second kappa shape index (κ2) is 7.94. The molecule has 0 saturated heterocycles. The molecule has 0 spiro atoms. The monoisotopic (exact) mass is 432 g/mol. The number of pyridine rings is 1. The summed E-state index contributed by atoms with van der Waals surface area (Å²) in [4.78, 5) is 3.92. The van der Waals surface area contributed by atoms with Crippen molar-refractivity contribution in [3.05, 3.63) is 35.3 Å². The Morgan fingerprint density at radius 1 is 1.17 bits per heavy atom. The zero-order chi connectivity index (χ0) is 21.4. The maximum Gasteiger partial charge on any atom is 0.417 e. The number of rotatable bonds is 5. The maximum absolute atomic E-state index is 12.7. The Morgan fingerprint density at radius 3 is 2.31 bits per heavy atom. The summed E-state index contributed by atoms with van der Waals surface area (Å²) in [7, 11) is -1.99. The third kappa shape index (κ3) is 4.89. The highest BCUT2D eigenvalue weighted by Crippen LogP contribution is 2.30. The molecule has 3 rings (SSSR count). The molecule has 0 radical (unpaired) electrons. The Hall–Kier alpha value is -2.14. The van der Waals surface area contributed by atoms with Crippen LogP contribution in [0.15, 0.2) is 23.2 Å². The summed E-state index contributed by atoms with van der Waals surface area (Å²) < 4.78 is 73.2. The number of aryl methyl sites for hydroxylation is 2. The minimum absolute atomic E-state index is 0.128. The standard InChI is InChI=1S/C18H23F3N4O3S/c1-11-17(12(2)25(3)23-11)29(26,27)24-14-5-7-15(8-6-14)28-16-9-4-13(10-22-16)18(19,20)21/h4,9-10,14-15,24H,5-8H2,1-3H3. The van der Waals surface area contributed by atoms with Crippen molar-refractivity contribution in [2.75, 3.05) is 0 Å². The Kier molecular flexibility index (Phi) is 5.91. The molecule has 2 aromatic rings. The van der Waals surface area contributed by atoms with Gasteiger partial charge in [0.2, 0.25) is 15.9 Å². The van der Waals surface area contributed by atoms with E-state index in [1.807, 2.05) is 0 Å². The number of hydrogen-bond acceptors (Lipinski definition) is 5. The number of nitrogens with zero attached hydrogens (tertiary/aromatic N) is 3. The predicted octanol–water partition coefficient (Wildman–Crippen LogP) is 3.12. The fourth-order valence-corrected chi connectivity index (χ4v) is 5.25. The largest absolute Gasteiger partial charge is 0.474 e. The third-order valence-corrected chi connectivity index (χ3v) is 6.83. The maximum atomic E-state index is 12.7. The Balaban J connectivity index is 1.57. The lowest BCUT2D eigenvalue weighted by atomic mass is 9.94. The topological polar surface area (TPSA) is 86.1 Å². The molecule has 0 amide bonds. The summed E-state index contributed by atoms with van der Waals surface area (Å²) in [6.07, 6.45) is -1.66. The second-order valence-corrected chi connectivity index (χ2v) is 8.87. The van der Waals surface area contributed by atoms with Gasteiger partial charge in [-0.05, 0) is 45.6 Å². The van der Waals surface area contributed by atoms with Gasteiger partial charge >= 0.3 is 6.18 Å². The number of ether oxygens (including phenoxy) is 1. The van der Waals surface area contributed by atoms with Gasteiger partial charge in [-0.2, -0.15) is 18.3 Å². The van der Waals surface area contributed by atoms with Crippen molar-refractivity contribution in [1.29, 1.82) is 0 Å². The normalized spacial score (nSPS) is 20.6. The quantitative estimate of drug-likeness (QED) is 0.785. The Morgan fingerprint density at radius 2 is 1.83 bits per heavy atom. The van der Waals surface area contributed by atoms with Gasteiger partial charge in [0.15, 0.2) is 0 Å². The van der Waals surface area contributed by atoms with Crippen molar-refractivity contribution in [3.8, 4) is 5.88 Å². The molecule has 1 aliphatic carbocycles. The summed E-state index contributed by atoms with van der Waals surface area (Å²) in [5.74, 6) is 0.128. The first kappa shape index (κ1) is 21.6. The van der Waals surface area contributed by atoms with E-state index in [4.69, 9.17) is 4.74 Å². The molecular formula is C18H23F3N4O3S. The molecule has 1 fully saturated rings. The highest BCUT2D eigenvalue weighted by atomic mass is 32.2. The fourth-order valence-electron chi connectivity index (χ4n) is 3.51. The van der Waals surface area contributed by atoms with E-state index in [0.29, 0.717) is 37.1 Å². The van der Waals surface area contributed by atoms with Crippen LogP contribution >= 0.6 is 0 Å². The van der Waals surface area contributed by atoms with E-state index in [0.717, 1.165) is 12.3 Å². The van der Waals surface area contributed by atoms with Gasteiger partial charge in [0, 0.05) is 25.4 Å². The van der Waals surface area contributed by atoms with Crippen molar-refractivity contribution in [1.82, 2.24) is 19.5 Å². The van der Waals surface area contributed by atoms with Gasteiger partial charge < -0.3 is 4.74 Å². The minimum Gasteiger partial charge on any atom is -0.474 e. The molecule has 0 aromatic carbocycles. The molecule has 160 valence electrons. The van der Waals surface area contributed by atoms with Crippen LogP contribution in [-0.2, 0) is 23.2 Å². The number of sulfonamides is 1. The first-order valence-corrected chi connectivity index (χ1v) is 10.7. The fraction of sp³-hybridized carbons (Fsp3) is 0.556. The van der Waals surface area contributed by atoms with E-state index < -0.39 is 21.8 Å². The zero-order valence-electron chi connectivity index (χ0n) is 16.3. The van der Waals surface area contributed by atoms with Crippen LogP contribution in [0.2, 0.25) is 0 Å². The van der Waals surface area contributed by atoms with Crippen LogP contribution < -0.4 is 9.46 Å². The van der Waals surface area contributed by atoms with Gasteiger partial charge in [-0.25, -0.2) is 18.1 Å². The van der Waals surface area contributed by atoms with E-state index in [1.54, 1.807) is 20.9 Å². The van der Waals surface area contributed by atoms with Gasteiger partial charge in [-0.15, -0.1) is 0 Å². The van der Waals surface area contributed by atoms with Crippen LogP contribution in [0.4, 0.5) is 13.2 Å². The van der Waals surface area contributed by atoms with Gasteiger partial charge in [0.1, 0.15) is 11.0 Å². The molecule has 2 heterocycles. The highest BCUT2D eigenvalue weighted by Gasteiger charge is 2.32. The third-order valence-electron chi connectivity index (χ3n) is 5.06. The van der Waals surface area contributed by atoms with Crippen LogP contribution in [0.3, 0.4) is 0 Å². The summed E-state index contributed by atoms with van der Waals surface area (Å²) in [5, 5.41) is 4.15. The zero-order valence-corrected chi connectivity index (χ0v) is 17.1.